The molecular formula is C62H41N3. The van der Waals surface area contributed by atoms with Crippen LogP contribution in [-0.2, 0) is 0 Å². The molecule has 0 aliphatic rings. The molecule has 0 amide bonds. The quantitative estimate of drug-likeness (QED) is 0.156. The third-order valence-electron chi connectivity index (χ3n) is 13.3. The van der Waals surface area contributed by atoms with Crippen molar-refractivity contribution in [2.75, 3.05) is 4.90 Å². The van der Waals surface area contributed by atoms with Crippen molar-refractivity contribution in [3.8, 4) is 33.6 Å². The van der Waals surface area contributed by atoms with Crippen LogP contribution in [0.2, 0.25) is 0 Å². The van der Waals surface area contributed by atoms with Crippen LogP contribution in [0.5, 0.6) is 0 Å². The maximum atomic E-state index is 2.45. The van der Waals surface area contributed by atoms with E-state index >= 15 is 0 Å². The van der Waals surface area contributed by atoms with Crippen LogP contribution >= 0.6 is 0 Å². The molecule has 0 bridgehead atoms. The highest BCUT2D eigenvalue weighted by atomic mass is 15.1. The van der Waals surface area contributed by atoms with Gasteiger partial charge in [-0.3, -0.25) is 0 Å². The van der Waals surface area contributed by atoms with Crippen LogP contribution in [0.4, 0.5) is 17.1 Å². The molecule has 2 aromatic heterocycles. The van der Waals surface area contributed by atoms with Gasteiger partial charge in [-0.1, -0.05) is 170 Å². The molecule has 0 aliphatic carbocycles. The molecule has 65 heavy (non-hydrogen) atoms. The van der Waals surface area contributed by atoms with Crippen LogP contribution in [-0.4, -0.2) is 9.13 Å². The van der Waals surface area contributed by atoms with E-state index in [1.165, 1.54) is 87.4 Å². The van der Waals surface area contributed by atoms with E-state index in [4.69, 9.17) is 0 Å². The van der Waals surface area contributed by atoms with Crippen molar-refractivity contribution in [3.05, 3.63) is 249 Å². The van der Waals surface area contributed by atoms with E-state index in [1.54, 1.807) is 0 Å². The smallest absolute Gasteiger partial charge is 0.0547 e. The molecule has 13 aromatic rings. The molecule has 0 spiro atoms. The van der Waals surface area contributed by atoms with Gasteiger partial charge in [-0.2, -0.15) is 0 Å². The Hall–Kier alpha value is -8.66. The zero-order chi connectivity index (χ0) is 42.8. The summed E-state index contributed by atoms with van der Waals surface area (Å²) in [4.78, 5) is 2.45. The van der Waals surface area contributed by atoms with Crippen molar-refractivity contribution in [1.29, 1.82) is 0 Å². The Morgan fingerprint density at radius 2 is 0.646 bits per heavy atom. The van der Waals surface area contributed by atoms with E-state index in [1.807, 2.05) is 0 Å². The van der Waals surface area contributed by atoms with Gasteiger partial charge < -0.3 is 14.0 Å². The first-order valence-electron chi connectivity index (χ1n) is 22.4. The van der Waals surface area contributed by atoms with Crippen molar-refractivity contribution < 1.29 is 0 Å². The van der Waals surface area contributed by atoms with Gasteiger partial charge >= 0.3 is 0 Å². The topological polar surface area (TPSA) is 13.1 Å². The van der Waals surface area contributed by atoms with E-state index in [-0.39, 0.29) is 0 Å². The summed E-state index contributed by atoms with van der Waals surface area (Å²) < 4.78 is 4.78. The zero-order valence-electron chi connectivity index (χ0n) is 35.5. The average Bonchev–Trinajstić information content (AvgIpc) is 3.89. The molecule has 13 rings (SSSR count). The zero-order valence-corrected chi connectivity index (χ0v) is 35.5. The Morgan fingerprint density at radius 3 is 1.22 bits per heavy atom. The number of benzene rings is 11. The normalized spacial score (nSPS) is 11.7. The fourth-order valence-electron chi connectivity index (χ4n) is 10.4. The van der Waals surface area contributed by atoms with Crippen molar-refractivity contribution in [3.63, 3.8) is 0 Å². The van der Waals surface area contributed by atoms with Gasteiger partial charge in [0.1, 0.15) is 0 Å². The number of rotatable bonds is 7. The van der Waals surface area contributed by atoms with Crippen LogP contribution in [0, 0.1) is 0 Å². The first kappa shape index (κ1) is 36.9. The van der Waals surface area contributed by atoms with Crippen LogP contribution in [0.1, 0.15) is 0 Å². The Kier molecular flexibility index (Phi) is 8.53. The lowest BCUT2D eigenvalue weighted by atomic mass is 9.94. The van der Waals surface area contributed by atoms with Crippen molar-refractivity contribution in [2.45, 2.75) is 0 Å². The predicted octanol–water partition coefficient (Wildman–Crippen LogP) is 17.0. The molecule has 11 aromatic carbocycles. The molecule has 0 saturated carbocycles. The highest BCUT2D eigenvalue weighted by Crippen LogP contribution is 2.47. The molecule has 3 nitrogen and oxygen atoms in total. The van der Waals surface area contributed by atoms with E-state index < -0.39 is 0 Å². The molecule has 0 radical (unpaired) electrons. The van der Waals surface area contributed by atoms with E-state index in [2.05, 4.69) is 263 Å². The highest BCUT2D eigenvalue weighted by molar-refractivity contribution is 6.15. The minimum absolute atomic E-state index is 1.10. The summed E-state index contributed by atoms with van der Waals surface area (Å²) in [5.41, 5.74) is 15.3. The number of nitrogens with zero attached hydrogens (tertiary/aromatic N) is 3. The fraction of sp³-hybridized carbons (Fsp3) is 0. The molecule has 0 atom stereocenters. The van der Waals surface area contributed by atoms with Gasteiger partial charge in [-0.25, -0.2) is 0 Å². The molecule has 0 aliphatic heterocycles. The largest absolute Gasteiger partial charge is 0.309 e. The number of anilines is 3. The number of para-hydroxylation sites is 5. The minimum atomic E-state index is 1.10. The Morgan fingerprint density at radius 1 is 0.246 bits per heavy atom. The number of hydrogen-bond donors (Lipinski definition) is 0. The second-order valence-electron chi connectivity index (χ2n) is 16.9. The lowest BCUT2D eigenvalue weighted by molar-refractivity contribution is 1.18. The van der Waals surface area contributed by atoms with Gasteiger partial charge in [0.2, 0.25) is 0 Å². The van der Waals surface area contributed by atoms with Crippen LogP contribution in [0.3, 0.4) is 0 Å². The SMILES string of the molecule is c1ccc(N(c2ccc(-c3ccc4c(c3)c3ccccc3n4-c3ccccc3)c3ccccc23)c2ccc(-c3ccc4c5ccccc5n(-c5ccccc5)c4c3)c3ccccc23)cc1. The van der Waals surface area contributed by atoms with E-state index in [0.717, 1.165) is 28.4 Å². The van der Waals surface area contributed by atoms with Gasteiger partial charge in [0.15, 0.2) is 0 Å². The molecule has 0 N–H and O–H groups in total. The summed E-state index contributed by atoms with van der Waals surface area (Å²) in [6.45, 7) is 0. The van der Waals surface area contributed by atoms with Crippen LogP contribution < -0.4 is 4.90 Å². The predicted molar refractivity (Wildman–Crippen MR) is 276 cm³/mol. The molecule has 2 heterocycles. The maximum absolute atomic E-state index is 2.45. The monoisotopic (exact) mass is 827 g/mol. The Balaban J connectivity index is 0.981. The standard InChI is InChI=1S/C62H41N3/c1-4-18-44(19-5-1)63-58-31-17-15-29-54(58)56-40-42(33-37-61(56)63)47-35-38-59(51-26-12-10-24-49(47)51)64(45-20-6-2-7-21-45)60-39-36-48(50-25-11-13-27-52(50)60)43-32-34-55-53-28-14-16-30-57(53)65(62(55)41-43)46-22-8-3-9-23-46/h1-41H. The third-order valence-corrected chi connectivity index (χ3v) is 13.3. The second-order valence-corrected chi connectivity index (χ2v) is 16.9. The van der Waals surface area contributed by atoms with E-state index in [9.17, 15) is 0 Å². The van der Waals surface area contributed by atoms with Crippen molar-refractivity contribution in [2.24, 2.45) is 0 Å². The summed E-state index contributed by atoms with van der Waals surface area (Å²) in [6, 6.07) is 90.7. The van der Waals surface area contributed by atoms with Gasteiger partial charge in [0.05, 0.1) is 33.4 Å². The molecule has 0 saturated heterocycles. The third kappa shape index (κ3) is 5.90. The van der Waals surface area contributed by atoms with Gasteiger partial charge in [-0.15, -0.1) is 0 Å². The van der Waals surface area contributed by atoms with Crippen molar-refractivity contribution in [1.82, 2.24) is 9.13 Å². The van der Waals surface area contributed by atoms with Gasteiger partial charge in [0, 0.05) is 49.4 Å². The van der Waals surface area contributed by atoms with Gasteiger partial charge in [0.25, 0.3) is 0 Å². The average molecular weight is 828 g/mol. The minimum Gasteiger partial charge on any atom is -0.309 e. The summed E-state index contributed by atoms with van der Waals surface area (Å²) in [6.07, 6.45) is 0. The number of fused-ring (bicyclic) bond motifs is 8. The lowest BCUT2D eigenvalue weighted by Crippen LogP contribution is -2.11. The van der Waals surface area contributed by atoms with E-state index in [0.29, 0.717) is 0 Å². The molecule has 0 unspecified atom stereocenters. The summed E-state index contributed by atoms with van der Waals surface area (Å²) in [5, 5.41) is 9.78. The summed E-state index contributed by atoms with van der Waals surface area (Å²) in [7, 11) is 0. The molecule has 304 valence electrons. The molecule has 3 heteroatoms. The van der Waals surface area contributed by atoms with Crippen molar-refractivity contribution >= 4 is 82.2 Å². The summed E-state index contributed by atoms with van der Waals surface area (Å²) >= 11 is 0. The highest BCUT2D eigenvalue weighted by Gasteiger charge is 2.22. The van der Waals surface area contributed by atoms with Crippen LogP contribution in [0.25, 0.3) is 98.8 Å². The number of hydrogen-bond acceptors (Lipinski definition) is 1. The molecule has 0 fully saturated rings. The maximum Gasteiger partial charge on any atom is 0.0547 e. The first-order chi connectivity index (χ1) is 32.3. The number of aromatic nitrogens is 2. The second kappa shape index (κ2) is 15.0. The Labute approximate surface area is 376 Å². The summed E-state index contributed by atoms with van der Waals surface area (Å²) in [5.74, 6) is 0. The first-order valence-corrected chi connectivity index (χ1v) is 22.4. The molecular weight excluding hydrogens is 787 g/mol. The fourth-order valence-corrected chi connectivity index (χ4v) is 10.4. The lowest BCUT2D eigenvalue weighted by Gasteiger charge is -2.29. The van der Waals surface area contributed by atoms with Crippen LogP contribution in [0.15, 0.2) is 249 Å². The Bertz CT molecular complexity index is 3940. The van der Waals surface area contributed by atoms with Gasteiger partial charge in [-0.05, 0) is 112 Å².